The van der Waals surface area contributed by atoms with Crippen LogP contribution < -0.4 is 9.80 Å². The second-order valence-electron chi connectivity index (χ2n) is 4.07. The molecule has 0 bridgehead atoms. The van der Waals surface area contributed by atoms with Gasteiger partial charge in [-0.15, -0.1) is 0 Å². The molecule has 2 heterocycles. The molecular weight excluding hydrogens is 208 g/mol. The minimum Gasteiger partial charge on any atom is -0.481 e. The van der Waals surface area contributed by atoms with Crippen molar-refractivity contribution >= 4 is 17.6 Å². The van der Waals surface area contributed by atoms with Gasteiger partial charge in [-0.2, -0.15) is 0 Å². The Labute approximate surface area is 93.5 Å². The molecule has 1 aromatic heterocycles. The minimum absolute atomic E-state index is 0.266. The normalized spacial score (nSPS) is 15.8. The zero-order chi connectivity index (χ0) is 11.7. The summed E-state index contributed by atoms with van der Waals surface area (Å²) < 4.78 is 0. The van der Waals surface area contributed by atoms with Crippen LogP contribution in [0, 0.1) is 5.92 Å². The van der Waals surface area contributed by atoms with Crippen molar-refractivity contribution in [2.24, 2.45) is 5.92 Å². The molecule has 0 aliphatic carbocycles. The Kier molecular flexibility index (Phi) is 2.64. The molecule has 16 heavy (non-hydrogen) atoms. The summed E-state index contributed by atoms with van der Waals surface area (Å²) in [5, 5.41) is 8.77. The summed E-state index contributed by atoms with van der Waals surface area (Å²) in [6.45, 7) is 1.05. The molecule has 1 fully saturated rings. The molecule has 1 saturated heterocycles. The Hall–Kier alpha value is -1.85. The van der Waals surface area contributed by atoms with Gasteiger partial charge < -0.3 is 14.9 Å². The van der Waals surface area contributed by atoms with Gasteiger partial charge in [0.1, 0.15) is 18.0 Å². The third-order valence-corrected chi connectivity index (χ3v) is 2.65. The Morgan fingerprint density at radius 1 is 1.50 bits per heavy atom. The van der Waals surface area contributed by atoms with Crippen LogP contribution in [0.25, 0.3) is 0 Å². The fourth-order valence-corrected chi connectivity index (χ4v) is 1.58. The number of carbonyl (C=O) groups is 1. The zero-order valence-corrected chi connectivity index (χ0v) is 9.29. The first kappa shape index (κ1) is 10.7. The number of rotatable bonds is 3. The van der Waals surface area contributed by atoms with E-state index in [0.717, 1.165) is 11.6 Å². The van der Waals surface area contributed by atoms with E-state index in [1.165, 1.54) is 6.33 Å². The zero-order valence-electron chi connectivity index (χ0n) is 9.29. The van der Waals surface area contributed by atoms with Crippen LogP contribution in [-0.2, 0) is 4.79 Å². The van der Waals surface area contributed by atoms with Crippen LogP contribution in [0.15, 0.2) is 12.4 Å². The van der Waals surface area contributed by atoms with E-state index < -0.39 is 5.97 Å². The van der Waals surface area contributed by atoms with Crippen molar-refractivity contribution in [2.45, 2.75) is 0 Å². The number of aliphatic carboxylic acids is 1. The van der Waals surface area contributed by atoms with E-state index >= 15 is 0 Å². The summed E-state index contributed by atoms with van der Waals surface area (Å²) in [5.74, 6) is 0.607. The highest BCUT2D eigenvalue weighted by molar-refractivity contribution is 5.74. The molecule has 86 valence electrons. The molecule has 2 rings (SSSR count). The van der Waals surface area contributed by atoms with Crippen molar-refractivity contribution in [3.8, 4) is 0 Å². The summed E-state index contributed by atoms with van der Waals surface area (Å²) in [5.41, 5.74) is 0. The summed E-state index contributed by atoms with van der Waals surface area (Å²) in [6.07, 6.45) is 1.50. The van der Waals surface area contributed by atoms with Crippen molar-refractivity contribution in [2.75, 3.05) is 37.0 Å². The lowest BCUT2D eigenvalue weighted by molar-refractivity contribution is -0.142. The first-order valence-corrected chi connectivity index (χ1v) is 5.05. The van der Waals surface area contributed by atoms with Crippen LogP contribution >= 0.6 is 0 Å². The number of carboxylic acids is 1. The number of hydrogen-bond donors (Lipinski definition) is 1. The molecule has 1 aliphatic rings. The minimum atomic E-state index is -0.738. The van der Waals surface area contributed by atoms with Gasteiger partial charge in [-0.1, -0.05) is 0 Å². The molecule has 0 unspecified atom stereocenters. The second kappa shape index (κ2) is 3.96. The molecule has 1 aliphatic heterocycles. The third kappa shape index (κ3) is 1.91. The van der Waals surface area contributed by atoms with Crippen LogP contribution in [0.5, 0.6) is 0 Å². The maximum absolute atomic E-state index is 10.7. The number of nitrogens with zero attached hydrogens (tertiary/aromatic N) is 4. The topological polar surface area (TPSA) is 69.6 Å². The number of anilines is 2. The highest BCUT2D eigenvalue weighted by atomic mass is 16.4. The van der Waals surface area contributed by atoms with Crippen molar-refractivity contribution in [1.29, 1.82) is 0 Å². The average Bonchev–Trinajstić information content (AvgIpc) is 2.15. The Balaban J connectivity index is 2.06. The van der Waals surface area contributed by atoms with E-state index in [0.29, 0.717) is 13.1 Å². The van der Waals surface area contributed by atoms with E-state index in [1.807, 2.05) is 30.0 Å². The highest BCUT2D eigenvalue weighted by Gasteiger charge is 2.33. The summed E-state index contributed by atoms with van der Waals surface area (Å²) in [6, 6.07) is 1.86. The van der Waals surface area contributed by atoms with E-state index in [9.17, 15) is 4.79 Å². The van der Waals surface area contributed by atoms with E-state index in [1.54, 1.807) is 0 Å². The monoisotopic (exact) mass is 222 g/mol. The Morgan fingerprint density at radius 3 is 2.75 bits per heavy atom. The van der Waals surface area contributed by atoms with Gasteiger partial charge in [0.25, 0.3) is 0 Å². The number of hydrogen-bond acceptors (Lipinski definition) is 5. The van der Waals surface area contributed by atoms with Crippen LogP contribution in [0.1, 0.15) is 0 Å². The Bertz CT molecular complexity index is 402. The van der Waals surface area contributed by atoms with Crippen molar-refractivity contribution < 1.29 is 9.90 Å². The van der Waals surface area contributed by atoms with Gasteiger partial charge in [-0.3, -0.25) is 4.79 Å². The summed E-state index contributed by atoms with van der Waals surface area (Å²) >= 11 is 0. The van der Waals surface area contributed by atoms with E-state index in [4.69, 9.17) is 5.11 Å². The molecule has 0 saturated carbocycles. The van der Waals surface area contributed by atoms with E-state index in [-0.39, 0.29) is 5.92 Å². The molecule has 1 N–H and O–H groups in total. The van der Waals surface area contributed by atoms with Crippen LogP contribution in [-0.4, -0.2) is 48.2 Å². The predicted molar refractivity (Wildman–Crippen MR) is 59.7 cm³/mol. The largest absolute Gasteiger partial charge is 0.481 e. The van der Waals surface area contributed by atoms with Gasteiger partial charge in [0.2, 0.25) is 0 Å². The SMILES string of the molecule is CN(C)c1cc(N2CC(C(=O)O)C2)ncn1. The van der Waals surface area contributed by atoms with Crippen molar-refractivity contribution in [3.63, 3.8) is 0 Å². The van der Waals surface area contributed by atoms with E-state index in [2.05, 4.69) is 9.97 Å². The van der Waals surface area contributed by atoms with Gasteiger partial charge in [0.05, 0.1) is 5.92 Å². The lowest BCUT2D eigenvalue weighted by atomic mass is 10.0. The van der Waals surface area contributed by atoms with Gasteiger partial charge in [-0.05, 0) is 0 Å². The molecule has 0 aromatic carbocycles. The average molecular weight is 222 g/mol. The predicted octanol–water partition coefficient (Wildman–Crippen LogP) is 0.0634. The van der Waals surface area contributed by atoms with Gasteiger partial charge >= 0.3 is 5.97 Å². The van der Waals surface area contributed by atoms with Crippen LogP contribution in [0.2, 0.25) is 0 Å². The standard InChI is InChI=1S/C10H14N4O2/c1-13(2)8-3-9(12-6-11-8)14-4-7(5-14)10(15)16/h3,6-7H,4-5H2,1-2H3,(H,15,16). The molecule has 6 nitrogen and oxygen atoms in total. The molecule has 0 amide bonds. The maximum atomic E-state index is 10.7. The summed E-state index contributed by atoms with van der Waals surface area (Å²) in [7, 11) is 3.81. The smallest absolute Gasteiger partial charge is 0.310 e. The van der Waals surface area contributed by atoms with Crippen molar-refractivity contribution in [3.05, 3.63) is 12.4 Å². The molecule has 1 aromatic rings. The summed E-state index contributed by atoms with van der Waals surface area (Å²) in [4.78, 5) is 22.7. The van der Waals surface area contributed by atoms with Gasteiger partial charge in [-0.25, -0.2) is 9.97 Å². The molecule has 0 atom stereocenters. The number of aromatic nitrogens is 2. The lowest BCUT2D eigenvalue weighted by Crippen LogP contribution is -2.50. The lowest BCUT2D eigenvalue weighted by Gasteiger charge is -2.37. The van der Waals surface area contributed by atoms with Gasteiger partial charge in [0, 0.05) is 33.3 Å². The Morgan fingerprint density at radius 2 is 2.19 bits per heavy atom. The quantitative estimate of drug-likeness (QED) is 0.780. The fourth-order valence-electron chi connectivity index (χ4n) is 1.58. The first-order valence-electron chi connectivity index (χ1n) is 5.05. The van der Waals surface area contributed by atoms with Crippen LogP contribution in [0.4, 0.5) is 11.6 Å². The van der Waals surface area contributed by atoms with Gasteiger partial charge in [0.15, 0.2) is 0 Å². The number of carboxylic acid groups (broad SMARTS) is 1. The fraction of sp³-hybridized carbons (Fsp3) is 0.500. The molecule has 0 radical (unpaired) electrons. The maximum Gasteiger partial charge on any atom is 0.310 e. The highest BCUT2D eigenvalue weighted by Crippen LogP contribution is 2.24. The van der Waals surface area contributed by atoms with Crippen molar-refractivity contribution in [1.82, 2.24) is 9.97 Å². The third-order valence-electron chi connectivity index (χ3n) is 2.65. The molecule has 0 spiro atoms. The molecule has 6 heteroatoms. The molecular formula is C10H14N4O2. The first-order chi connectivity index (χ1) is 7.58. The van der Waals surface area contributed by atoms with Crippen LogP contribution in [0.3, 0.4) is 0 Å². The second-order valence-corrected chi connectivity index (χ2v) is 4.07.